The minimum atomic E-state index is -5.85. The van der Waals surface area contributed by atoms with Gasteiger partial charge in [-0.25, -0.2) is 4.79 Å². The largest absolute Gasteiger partial charge is 0.534 e. The molecule has 0 unspecified atom stereocenters. The second-order valence-corrected chi connectivity index (χ2v) is 8.74. The Morgan fingerprint density at radius 3 is 2.68 bits per heavy atom. The van der Waals surface area contributed by atoms with Crippen molar-refractivity contribution in [3.05, 3.63) is 28.3 Å². The van der Waals surface area contributed by atoms with Gasteiger partial charge in [-0.05, 0) is 43.0 Å². The highest BCUT2D eigenvalue weighted by molar-refractivity contribution is 7.88. The van der Waals surface area contributed by atoms with Crippen molar-refractivity contribution in [1.82, 2.24) is 4.90 Å². The van der Waals surface area contributed by atoms with Gasteiger partial charge in [0.1, 0.15) is 0 Å². The number of likely N-dealkylation sites (tertiary alicyclic amines) is 1. The molecule has 2 heterocycles. The number of carbonyl (C=O) groups is 1. The molecule has 0 aliphatic carbocycles. The predicted molar refractivity (Wildman–Crippen MR) is 91.8 cm³/mol. The van der Waals surface area contributed by atoms with Crippen LogP contribution in [0.4, 0.5) is 18.0 Å². The van der Waals surface area contributed by atoms with Crippen molar-refractivity contribution in [2.45, 2.75) is 43.3 Å². The molecule has 28 heavy (non-hydrogen) atoms. The van der Waals surface area contributed by atoms with E-state index in [0.29, 0.717) is 30.4 Å². The van der Waals surface area contributed by atoms with Gasteiger partial charge in [-0.1, -0.05) is 11.6 Å². The Kier molecular flexibility index (Phi) is 5.22. The second-order valence-electron chi connectivity index (χ2n) is 6.79. The van der Waals surface area contributed by atoms with Crippen LogP contribution in [0.1, 0.15) is 30.9 Å². The lowest BCUT2D eigenvalue weighted by molar-refractivity contribution is -0.106. The number of rotatable bonds is 2. The molecule has 1 aromatic carbocycles. The summed E-state index contributed by atoms with van der Waals surface area (Å²) in [4.78, 5) is 12.6. The normalized spacial score (nSPS) is 25.5. The molecule has 0 bridgehead atoms. The zero-order valence-corrected chi connectivity index (χ0v) is 16.2. The Balaban J connectivity index is 1.96. The van der Waals surface area contributed by atoms with Crippen molar-refractivity contribution in [3.8, 4) is 5.75 Å². The number of ether oxygens (including phenoxy) is 1. The molecule has 2 aliphatic heterocycles. The lowest BCUT2D eigenvalue weighted by Gasteiger charge is -2.47. The molecule has 7 nitrogen and oxygen atoms in total. The fourth-order valence-electron chi connectivity index (χ4n) is 3.76. The van der Waals surface area contributed by atoms with Gasteiger partial charge in [0.05, 0.1) is 17.2 Å². The molecular formula is C16H17ClF3NO6S. The lowest BCUT2D eigenvalue weighted by atomic mass is 9.77. The molecule has 1 amide bonds. The monoisotopic (exact) mass is 443 g/mol. The first-order chi connectivity index (χ1) is 12.9. The van der Waals surface area contributed by atoms with Gasteiger partial charge in [-0.15, -0.1) is 0 Å². The third kappa shape index (κ3) is 3.62. The van der Waals surface area contributed by atoms with Gasteiger partial charge in [0.2, 0.25) is 0 Å². The zero-order chi connectivity index (χ0) is 20.9. The summed E-state index contributed by atoms with van der Waals surface area (Å²) < 4.78 is 70.5. The molecule has 1 saturated heterocycles. The quantitative estimate of drug-likeness (QED) is 0.555. The number of nitrogens with zero attached hydrogens (tertiary/aromatic N) is 1. The van der Waals surface area contributed by atoms with Gasteiger partial charge in [0.15, 0.2) is 5.75 Å². The van der Waals surface area contributed by atoms with Crippen LogP contribution in [-0.4, -0.2) is 49.2 Å². The molecule has 2 aliphatic rings. The molecule has 3 rings (SSSR count). The fraction of sp³-hybridized carbons (Fsp3) is 0.562. The number of amides is 1. The Hall–Kier alpha value is -1.72. The minimum Gasteiger partial charge on any atom is -0.465 e. The molecule has 0 saturated carbocycles. The Labute approximate surface area is 164 Å². The molecule has 156 valence electrons. The fourth-order valence-corrected chi connectivity index (χ4v) is 4.48. The van der Waals surface area contributed by atoms with Gasteiger partial charge >= 0.3 is 21.7 Å². The van der Waals surface area contributed by atoms with Crippen molar-refractivity contribution < 1.29 is 40.4 Å². The average molecular weight is 444 g/mol. The van der Waals surface area contributed by atoms with E-state index >= 15 is 0 Å². The third-order valence-corrected chi connectivity index (χ3v) is 6.30. The minimum absolute atomic E-state index is 0.217. The summed E-state index contributed by atoms with van der Waals surface area (Å²) in [5.74, 6) is -0.606. The van der Waals surface area contributed by atoms with E-state index in [1.165, 1.54) is 17.0 Å². The summed E-state index contributed by atoms with van der Waals surface area (Å²) in [5.41, 5.74) is -5.25. The number of alkyl halides is 3. The van der Waals surface area contributed by atoms with Gasteiger partial charge < -0.3 is 18.9 Å². The molecule has 12 heteroatoms. The first-order valence-electron chi connectivity index (χ1n) is 8.33. The number of halogens is 4. The number of benzene rings is 1. The summed E-state index contributed by atoms with van der Waals surface area (Å²) in [5, 5.41) is 8.94. The topological polar surface area (TPSA) is 93.1 Å². The van der Waals surface area contributed by atoms with E-state index in [0.717, 1.165) is 0 Å². The number of fused-ring (bicyclic) bond motifs is 2. The van der Waals surface area contributed by atoms with Crippen molar-refractivity contribution in [2.24, 2.45) is 0 Å². The number of carboxylic acid groups (broad SMARTS) is 1. The third-order valence-electron chi connectivity index (χ3n) is 5.04. The van der Waals surface area contributed by atoms with Crippen LogP contribution in [0.15, 0.2) is 12.1 Å². The van der Waals surface area contributed by atoms with Crippen molar-refractivity contribution >= 4 is 27.8 Å². The van der Waals surface area contributed by atoms with Crippen LogP contribution in [0.5, 0.6) is 5.75 Å². The standard InChI is InChI=1S/C16H17ClF3NO6S/c1-9-8-15(3-4-21(9)14(22)23)11-7-12(17)13(6-10(11)2-5-26-15)27-28(24,25)16(18,19)20/h6-7,9H,2-5,8H2,1H3,(H,22,23)/t9-,15+/m0/s1. The van der Waals surface area contributed by atoms with E-state index in [2.05, 4.69) is 4.18 Å². The Morgan fingerprint density at radius 1 is 1.43 bits per heavy atom. The van der Waals surface area contributed by atoms with E-state index < -0.39 is 33.1 Å². The summed E-state index contributed by atoms with van der Waals surface area (Å²) >= 11 is 6.02. The van der Waals surface area contributed by atoms with Crippen LogP contribution in [0.2, 0.25) is 5.02 Å². The van der Waals surface area contributed by atoms with Crippen LogP contribution in [0.25, 0.3) is 0 Å². The van der Waals surface area contributed by atoms with Gasteiger partial charge in [-0.2, -0.15) is 21.6 Å². The summed E-state index contributed by atoms with van der Waals surface area (Å²) in [7, 11) is -5.85. The maximum Gasteiger partial charge on any atom is 0.534 e. The van der Waals surface area contributed by atoms with Crippen molar-refractivity contribution in [3.63, 3.8) is 0 Å². The number of piperidine rings is 1. The SMILES string of the molecule is C[C@H]1C[C@@]2(CCN1C(=O)O)OCCc1cc(OS(=O)(=O)C(F)(F)F)c(Cl)cc12. The maximum absolute atomic E-state index is 12.6. The highest BCUT2D eigenvalue weighted by Crippen LogP contribution is 2.46. The average Bonchev–Trinajstić information content (AvgIpc) is 2.55. The predicted octanol–water partition coefficient (Wildman–Crippen LogP) is 3.50. The van der Waals surface area contributed by atoms with Crippen molar-refractivity contribution in [2.75, 3.05) is 13.2 Å². The van der Waals surface area contributed by atoms with Crippen LogP contribution in [0, 0.1) is 0 Å². The maximum atomic E-state index is 12.6. The molecule has 1 fully saturated rings. The molecule has 2 atom stereocenters. The molecule has 0 aromatic heterocycles. The van der Waals surface area contributed by atoms with E-state index in [1.54, 1.807) is 6.92 Å². The number of hydrogen-bond donors (Lipinski definition) is 1. The van der Waals surface area contributed by atoms with Crippen LogP contribution < -0.4 is 4.18 Å². The van der Waals surface area contributed by atoms with Gasteiger partial charge in [-0.3, -0.25) is 0 Å². The second kappa shape index (κ2) is 6.96. The van der Waals surface area contributed by atoms with Crippen LogP contribution >= 0.6 is 11.6 Å². The van der Waals surface area contributed by atoms with E-state index in [9.17, 15) is 31.5 Å². The summed E-state index contributed by atoms with van der Waals surface area (Å²) in [6.07, 6.45) is -0.0386. The smallest absolute Gasteiger partial charge is 0.465 e. The van der Waals surface area contributed by atoms with Gasteiger partial charge in [0, 0.05) is 19.0 Å². The first-order valence-corrected chi connectivity index (χ1v) is 10.1. The molecule has 1 N–H and O–H groups in total. The molecular weight excluding hydrogens is 427 g/mol. The van der Waals surface area contributed by atoms with E-state index in [-0.39, 0.29) is 24.2 Å². The van der Waals surface area contributed by atoms with Crippen molar-refractivity contribution in [1.29, 1.82) is 0 Å². The van der Waals surface area contributed by atoms with Crippen LogP contribution in [-0.2, 0) is 26.9 Å². The highest BCUT2D eigenvalue weighted by Gasteiger charge is 2.49. The molecule has 1 aromatic rings. The summed E-state index contributed by atoms with van der Waals surface area (Å²) in [6.45, 7) is 2.20. The number of hydrogen-bond acceptors (Lipinski definition) is 5. The Bertz CT molecular complexity index is 906. The first kappa shape index (κ1) is 21.0. The molecule has 0 radical (unpaired) electrons. The lowest BCUT2D eigenvalue weighted by Crippen LogP contribution is -2.52. The highest BCUT2D eigenvalue weighted by atomic mass is 35.5. The van der Waals surface area contributed by atoms with Gasteiger partial charge in [0.25, 0.3) is 0 Å². The Morgan fingerprint density at radius 2 is 2.11 bits per heavy atom. The summed E-state index contributed by atoms with van der Waals surface area (Å²) in [6, 6.07) is 2.18. The van der Waals surface area contributed by atoms with E-state index in [4.69, 9.17) is 16.3 Å². The van der Waals surface area contributed by atoms with Crippen LogP contribution in [0.3, 0.4) is 0 Å². The van der Waals surface area contributed by atoms with E-state index in [1.807, 2.05) is 0 Å². The molecule has 1 spiro atoms. The zero-order valence-electron chi connectivity index (χ0n) is 14.6.